The molecule has 3 rings (SSSR count). The lowest BCUT2D eigenvalue weighted by atomic mass is 9.85. The van der Waals surface area contributed by atoms with Crippen LogP contribution >= 0.6 is 0 Å². The van der Waals surface area contributed by atoms with E-state index in [9.17, 15) is 4.79 Å². The topological polar surface area (TPSA) is 35.5 Å². The molecule has 0 amide bonds. The summed E-state index contributed by atoms with van der Waals surface area (Å²) in [5, 5.41) is 0. The standard InChI is InChI=1S/C23H22O3/c1-25-20-12-8-17(9-13-20)16-22(18-10-14-21(26-2)15-11-18)23(24)19-6-4-3-5-7-19/h3-15,22H,16H2,1-2H3. The molecule has 0 aliphatic carbocycles. The van der Waals surface area contributed by atoms with Gasteiger partial charge in [-0.05, 0) is 41.8 Å². The smallest absolute Gasteiger partial charge is 0.170 e. The summed E-state index contributed by atoms with van der Waals surface area (Å²) in [6.45, 7) is 0. The highest BCUT2D eigenvalue weighted by Gasteiger charge is 2.22. The maximum Gasteiger partial charge on any atom is 0.170 e. The van der Waals surface area contributed by atoms with Crippen molar-refractivity contribution in [1.82, 2.24) is 0 Å². The minimum Gasteiger partial charge on any atom is -0.497 e. The molecule has 3 aromatic carbocycles. The fourth-order valence-electron chi connectivity index (χ4n) is 3.00. The third kappa shape index (κ3) is 4.12. The van der Waals surface area contributed by atoms with Gasteiger partial charge in [0.15, 0.2) is 5.78 Å². The Bertz CT molecular complexity index is 837. The zero-order chi connectivity index (χ0) is 18.4. The van der Waals surface area contributed by atoms with Gasteiger partial charge in [0.25, 0.3) is 0 Å². The molecule has 26 heavy (non-hydrogen) atoms. The zero-order valence-electron chi connectivity index (χ0n) is 15.0. The summed E-state index contributed by atoms with van der Waals surface area (Å²) in [5.41, 5.74) is 2.80. The van der Waals surface area contributed by atoms with Crippen molar-refractivity contribution < 1.29 is 14.3 Å². The van der Waals surface area contributed by atoms with Crippen molar-refractivity contribution >= 4 is 5.78 Å². The van der Waals surface area contributed by atoms with Gasteiger partial charge < -0.3 is 9.47 Å². The highest BCUT2D eigenvalue weighted by Crippen LogP contribution is 2.27. The Hall–Kier alpha value is -3.07. The molecular formula is C23H22O3. The molecule has 0 saturated carbocycles. The Morgan fingerprint density at radius 1 is 0.769 bits per heavy atom. The molecule has 0 aliphatic heterocycles. The van der Waals surface area contributed by atoms with Crippen molar-refractivity contribution in [3.8, 4) is 11.5 Å². The van der Waals surface area contributed by atoms with Crippen LogP contribution in [-0.2, 0) is 6.42 Å². The minimum absolute atomic E-state index is 0.117. The van der Waals surface area contributed by atoms with Crippen LogP contribution in [0, 0.1) is 0 Å². The molecule has 0 spiro atoms. The first kappa shape index (κ1) is 17.7. The van der Waals surface area contributed by atoms with Gasteiger partial charge in [0.1, 0.15) is 11.5 Å². The van der Waals surface area contributed by atoms with Crippen LogP contribution in [0.5, 0.6) is 11.5 Å². The minimum atomic E-state index is -0.253. The van der Waals surface area contributed by atoms with E-state index in [-0.39, 0.29) is 11.7 Å². The van der Waals surface area contributed by atoms with Crippen molar-refractivity contribution in [3.63, 3.8) is 0 Å². The number of hydrogen-bond acceptors (Lipinski definition) is 3. The van der Waals surface area contributed by atoms with E-state index >= 15 is 0 Å². The van der Waals surface area contributed by atoms with Crippen molar-refractivity contribution in [3.05, 3.63) is 95.6 Å². The molecule has 0 aliphatic rings. The first-order valence-electron chi connectivity index (χ1n) is 8.57. The van der Waals surface area contributed by atoms with Crippen LogP contribution in [-0.4, -0.2) is 20.0 Å². The van der Waals surface area contributed by atoms with E-state index in [4.69, 9.17) is 9.47 Å². The van der Waals surface area contributed by atoms with E-state index in [0.29, 0.717) is 6.42 Å². The molecule has 0 saturated heterocycles. The van der Waals surface area contributed by atoms with Crippen molar-refractivity contribution in [2.75, 3.05) is 14.2 Å². The number of ketones is 1. The van der Waals surface area contributed by atoms with Crippen molar-refractivity contribution in [2.45, 2.75) is 12.3 Å². The van der Waals surface area contributed by atoms with E-state index in [1.54, 1.807) is 14.2 Å². The molecule has 0 aromatic heterocycles. The Morgan fingerprint density at radius 3 is 1.85 bits per heavy atom. The molecule has 3 aromatic rings. The van der Waals surface area contributed by atoms with Gasteiger partial charge in [-0.2, -0.15) is 0 Å². The van der Waals surface area contributed by atoms with Gasteiger partial charge >= 0.3 is 0 Å². The SMILES string of the molecule is COc1ccc(CC(C(=O)c2ccccc2)c2ccc(OC)cc2)cc1. The Balaban J connectivity index is 1.92. The summed E-state index contributed by atoms with van der Waals surface area (Å²) in [4.78, 5) is 13.2. The summed E-state index contributed by atoms with van der Waals surface area (Å²) in [6.07, 6.45) is 0.629. The zero-order valence-corrected chi connectivity index (χ0v) is 15.0. The van der Waals surface area contributed by atoms with Gasteiger partial charge in [-0.3, -0.25) is 4.79 Å². The van der Waals surface area contributed by atoms with E-state index < -0.39 is 0 Å². The van der Waals surface area contributed by atoms with E-state index in [1.807, 2.05) is 78.9 Å². The molecule has 1 atom stereocenters. The fraction of sp³-hybridized carbons (Fsp3) is 0.174. The first-order valence-corrected chi connectivity index (χ1v) is 8.57. The molecule has 0 heterocycles. The maximum absolute atomic E-state index is 13.2. The number of carbonyl (C=O) groups excluding carboxylic acids is 1. The highest BCUT2D eigenvalue weighted by molar-refractivity contribution is 6.01. The van der Waals surface area contributed by atoms with Gasteiger partial charge in [-0.1, -0.05) is 54.6 Å². The number of methoxy groups -OCH3 is 2. The van der Waals surface area contributed by atoms with Gasteiger partial charge in [-0.25, -0.2) is 0 Å². The van der Waals surface area contributed by atoms with Crippen LogP contribution in [0.25, 0.3) is 0 Å². The molecule has 0 fully saturated rings. The Labute approximate surface area is 154 Å². The number of benzene rings is 3. The summed E-state index contributed by atoms with van der Waals surface area (Å²) < 4.78 is 10.5. The second kappa shape index (κ2) is 8.34. The van der Waals surface area contributed by atoms with E-state index in [0.717, 1.165) is 28.2 Å². The lowest BCUT2D eigenvalue weighted by molar-refractivity contribution is 0.0959. The number of carbonyl (C=O) groups is 1. The number of hydrogen-bond donors (Lipinski definition) is 0. The largest absolute Gasteiger partial charge is 0.497 e. The van der Waals surface area contributed by atoms with Crippen LogP contribution in [0.1, 0.15) is 27.4 Å². The Morgan fingerprint density at radius 2 is 1.31 bits per heavy atom. The number of ether oxygens (including phenoxy) is 2. The van der Waals surface area contributed by atoms with Crippen LogP contribution < -0.4 is 9.47 Å². The number of rotatable bonds is 7. The van der Waals surface area contributed by atoms with Crippen LogP contribution in [0.3, 0.4) is 0 Å². The molecule has 132 valence electrons. The predicted molar refractivity (Wildman–Crippen MR) is 103 cm³/mol. The molecule has 1 unspecified atom stereocenters. The monoisotopic (exact) mass is 346 g/mol. The second-order valence-electron chi connectivity index (χ2n) is 6.11. The average molecular weight is 346 g/mol. The second-order valence-corrected chi connectivity index (χ2v) is 6.11. The summed E-state index contributed by atoms with van der Waals surface area (Å²) >= 11 is 0. The predicted octanol–water partition coefficient (Wildman–Crippen LogP) is 4.91. The average Bonchev–Trinajstić information content (AvgIpc) is 2.73. The van der Waals surface area contributed by atoms with Gasteiger partial charge in [0.05, 0.1) is 20.1 Å². The van der Waals surface area contributed by atoms with Crippen molar-refractivity contribution in [1.29, 1.82) is 0 Å². The fourth-order valence-corrected chi connectivity index (χ4v) is 3.00. The Kier molecular flexibility index (Phi) is 5.69. The summed E-state index contributed by atoms with van der Waals surface area (Å²) in [5.74, 6) is 1.46. The molecule has 0 N–H and O–H groups in total. The number of Topliss-reactive ketones (excluding diaryl/α,β-unsaturated/α-hetero) is 1. The molecule has 3 nitrogen and oxygen atoms in total. The van der Waals surface area contributed by atoms with Gasteiger partial charge in [0, 0.05) is 5.56 Å². The lowest BCUT2D eigenvalue weighted by Crippen LogP contribution is -2.15. The van der Waals surface area contributed by atoms with E-state index in [2.05, 4.69) is 0 Å². The third-order valence-corrected chi connectivity index (χ3v) is 4.49. The molecule has 0 bridgehead atoms. The highest BCUT2D eigenvalue weighted by atomic mass is 16.5. The third-order valence-electron chi connectivity index (χ3n) is 4.49. The lowest BCUT2D eigenvalue weighted by Gasteiger charge is -2.17. The van der Waals surface area contributed by atoms with Crippen LogP contribution in [0.4, 0.5) is 0 Å². The molecular weight excluding hydrogens is 324 g/mol. The molecule has 3 heteroatoms. The summed E-state index contributed by atoms with van der Waals surface area (Å²) in [7, 11) is 3.28. The quantitative estimate of drug-likeness (QED) is 0.570. The van der Waals surface area contributed by atoms with Gasteiger partial charge in [0.2, 0.25) is 0 Å². The van der Waals surface area contributed by atoms with Crippen LogP contribution in [0.2, 0.25) is 0 Å². The van der Waals surface area contributed by atoms with Crippen LogP contribution in [0.15, 0.2) is 78.9 Å². The summed E-state index contributed by atoms with van der Waals surface area (Å²) in [6, 6.07) is 25.0. The van der Waals surface area contributed by atoms with Crippen molar-refractivity contribution in [2.24, 2.45) is 0 Å². The molecule has 0 radical (unpaired) electrons. The maximum atomic E-state index is 13.2. The van der Waals surface area contributed by atoms with Gasteiger partial charge in [-0.15, -0.1) is 0 Å². The first-order chi connectivity index (χ1) is 12.7. The van der Waals surface area contributed by atoms with E-state index in [1.165, 1.54) is 0 Å². The normalized spacial score (nSPS) is 11.6.